The van der Waals surface area contributed by atoms with Crippen molar-refractivity contribution in [2.75, 3.05) is 26.2 Å². The molecule has 7 nitrogen and oxygen atoms in total. The van der Waals surface area contributed by atoms with E-state index in [-0.39, 0.29) is 12.0 Å². The molecule has 0 radical (unpaired) electrons. The van der Waals surface area contributed by atoms with Crippen LogP contribution in [0.25, 0.3) is 0 Å². The van der Waals surface area contributed by atoms with Gasteiger partial charge >= 0.3 is 0 Å². The summed E-state index contributed by atoms with van der Waals surface area (Å²) in [4.78, 5) is 14.0. The van der Waals surface area contributed by atoms with Crippen LogP contribution in [0.4, 0.5) is 0 Å². The van der Waals surface area contributed by atoms with Crippen LogP contribution in [0.1, 0.15) is 31.9 Å². The largest absolute Gasteiger partial charge is 0.379 e. The summed E-state index contributed by atoms with van der Waals surface area (Å²) in [6.45, 7) is 10.1. The van der Waals surface area contributed by atoms with E-state index in [1.165, 1.54) is 0 Å². The lowest BCUT2D eigenvalue weighted by atomic mass is 10.3. The highest BCUT2D eigenvalue weighted by molar-refractivity contribution is 5.77. The quantitative estimate of drug-likeness (QED) is 0.734. The molecule has 0 saturated carbocycles. The van der Waals surface area contributed by atoms with E-state index in [9.17, 15) is 4.79 Å². The van der Waals surface area contributed by atoms with E-state index in [1.807, 2.05) is 20.8 Å². The number of aryl methyl sites for hydroxylation is 1. The number of fused-ring (bicyclic) bond motifs is 1. The van der Waals surface area contributed by atoms with Crippen molar-refractivity contribution in [3.63, 3.8) is 0 Å². The van der Waals surface area contributed by atoms with E-state index in [4.69, 9.17) is 4.74 Å². The second kappa shape index (κ2) is 7.51. The SMILES string of the molecule is Cc1nnc2n1CCN(CC(=O)NCCCOC(C)C)C2. The lowest BCUT2D eigenvalue weighted by Crippen LogP contribution is -2.41. The molecule has 1 aliphatic heterocycles. The summed E-state index contributed by atoms with van der Waals surface area (Å²) in [5, 5.41) is 11.1. The monoisotopic (exact) mass is 295 g/mol. The van der Waals surface area contributed by atoms with Gasteiger partial charge in [-0.25, -0.2) is 0 Å². The molecule has 118 valence electrons. The molecule has 1 aromatic heterocycles. The Morgan fingerprint density at radius 2 is 2.19 bits per heavy atom. The van der Waals surface area contributed by atoms with Gasteiger partial charge in [0.25, 0.3) is 0 Å². The molecule has 1 aromatic rings. The van der Waals surface area contributed by atoms with Gasteiger partial charge in [0.15, 0.2) is 0 Å². The van der Waals surface area contributed by atoms with Crippen LogP contribution in [0.3, 0.4) is 0 Å². The molecule has 0 bridgehead atoms. The Kier molecular flexibility index (Phi) is 5.69. The van der Waals surface area contributed by atoms with Crippen LogP contribution in [0.2, 0.25) is 0 Å². The zero-order valence-corrected chi connectivity index (χ0v) is 13.1. The van der Waals surface area contributed by atoms with Gasteiger partial charge in [-0.15, -0.1) is 10.2 Å². The summed E-state index contributed by atoms with van der Waals surface area (Å²) < 4.78 is 7.54. The summed E-state index contributed by atoms with van der Waals surface area (Å²) in [5.74, 6) is 1.94. The Balaban J connectivity index is 1.65. The molecule has 1 aliphatic rings. The van der Waals surface area contributed by atoms with E-state index in [0.29, 0.717) is 26.2 Å². The zero-order valence-electron chi connectivity index (χ0n) is 13.1. The fourth-order valence-electron chi connectivity index (χ4n) is 2.37. The van der Waals surface area contributed by atoms with Crippen LogP contribution in [-0.2, 0) is 22.6 Å². The summed E-state index contributed by atoms with van der Waals surface area (Å²) in [5.41, 5.74) is 0. The Labute approximate surface area is 125 Å². The zero-order chi connectivity index (χ0) is 15.2. The van der Waals surface area contributed by atoms with Gasteiger partial charge < -0.3 is 14.6 Å². The van der Waals surface area contributed by atoms with Crippen molar-refractivity contribution < 1.29 is 9.53 Å². The number of rotatable bonds is 7. The van der Waals surface area contributed by atoms with Crippen molar-refractivity contribution in [1.82, 2.24) is 25.0 Å². The maximum atomic E-state index is 11.9. The number of aromatic nitrogens is 3. The van der Waals surface area contributed by atoms with Crippen molar-refractivity contribution in [2.45, 2.75) is 46.4 Å². The first-order chi connectivity index (χ1) is 10.1. The Morgan fingerprint density at radius 1 is 1.38 bits per heavy atom. The molecule has 1 amide bonds. The number of ether oxygens (including phenoxy) is 1. The summed E-state index contributed by atoms with van der Waals surface area (Å²) in [7, 11) is 0. The standard InChI is InChI=1S/C14H25N5O2/c1-11(2)21-8-4-5-15-14(20)10-18-6-7-19-12(3)16-17-13(19)9-18/h11H,4-10H2,1-3H3,(H,15,20). The summed E-state index contributed by atoms with van der Waals surface area (Å²) >= 11 is 0. The molecule has 0 aromatic carbocycles. The Morgan fingerprint density at radius 3 is 2.95 bits per heavy atom. The van der Waals surface area contributed by atoms with Gasteiger partial charge in [-0.1, -0.05) is 0 Å². The minimum Gasteiger partial charge on any atom is -0.379 e. The van der Waals surface area contributed by atoms with Crippen molar-refractivity contribution in [1.29, 1.82) is 0 Å². The number of carbonyl (C=O) groups is 1. The first-order valence-electron chi connectivity index (χ1n) is 7.55. The molecule has 0 saturated heterocycles. The third kappa shape index (κ3) is 4.78. The summed E-state index contributed by atoms with van der Waals surface area (Å²) in [6, 6.07) is 0. The van der Waals surface area contributed by atoms with Crippen molar-refractivity contribution >= 4 is 5.91 Å². The molecular formula is C14H25N5O2. The Hall–Kier alpha value is -1.47. The lowest BCUT2D eigenvalue weighted by molar-refractivity contribution is -0.122. The van der Waals surface area contributed by atoms with Crippen molar-refractivity contribution in [3.8, 4) is 0 Å². The number of carbonyl (C=O) groups excluding carboxylic acids is 1. The van der Waals surface area contributed by atoms with Gasteiger partial charge in [0.05, 0.1) is 19.2 Å². The third-order valence-electron chi connectivity index (χ3n) is 3.48. The number of nitrogens with zero attached hydrogens (tertiary/aromatic N) is 4. The van der Waals surface area contributed by atoms with E-state index >= 15 is 0 Å². The van der Waals surface area contributed by atoms with Crippen molar-refractivity contribution in [2.24, 2.45) is 0 Å². The fourth-order valence-corrected chi connectivity index (χ4v) is 2.37. The predicted molar refractivity (Wildman–Crippen MR) is 78.8 cm³/mol. The smallest absolute Gasteiger partial charge is 0.234 e. The van der Waals surface area contributed by atoms with E-state index in [0.717, 1.165) is 31.2 Å². The average molecular weight is 295 g/mol. The van der Waals surface area contributed by atoms with Gasteiger partial charge in [0, 0.05) is 26.2 Å². The molecule has 0 atom stereocenters. The molecule has 2 rings (SSSR count). The van der Waals surface area contributed by atoms with Crippen LogP contribution in [0.15, 0.2) is 0 Å². The number of amides is 1. The highest BCUT2D eigenvalue weighted by atomic mass is 16.5. The fraction of sp³-hybridized carbons (Fsp3) is 0.786. The molecule has 7 heteroatoms. The van der Waals surface area contributed by atoms with Gasteiger partial charge in [0.1, 0.15) is 11.6 Å². The van der Waals surface area contributed by atoms with Crippen LogP contribution >= 0.6 is 0 Å². The summed E-state index contributed by atoms with van der Waals surface area (Å²) in [6.07, 6.45) is 1.09. The second-order valence-electron chi connectivity index (χ2n) is 5.65. The predicted octanol–water partition coefficient (Wildman–Crippen LogP) is 0.333. The van der Waals surface area contributed by atoms with Crippen LogP contribution < -0.4 is 5.32 Å². The first-order valence-corrected chi connectivity index (χ1v) is 7.55. The average Bonchev–Trinajstić information content (AvgIpc) is 2.79. The van der Waals surface area contributed by atoms with E-state index in [1.54, 1.807) is 0 Å². The normalized spacial score (nSPS) is 15.2. The van der Waals surface area contributed by atoms with E-state index < -0.39 is 0 Å². The van der Waals surface area contributed by atoms with Crippen LogP contribution in [0, 0.1) is 6.92 Å². The van der Waals surface area contributed by atoms with E-state index in [2.05, 4.69) is 25.0 Å². The maximum absolute atomic E-state index is 11.9. The number of hydrogen-bond donors (Lipinski definition) is 1. The van der Waals surface area contributed by atoms with Gasteiger partial charge in [-0.3, -0.25) is 9.69 Å². The Bertz CT molecular complexity index is 472. The van der Waals surface area contributed by atoms with Gasteiger partial charge in [-0.05, 0) is 27.2 Å². The molecule has 2 heterocycles. The minimum absolute atomic E-state index is 0.0595. The highest BCUT2D eigenvalue weighted by Gasteiger charge is 2.20. The van der Waals surface area contributed by atoms with Gasteiger partial charge in [-0.2, -0.15) is 0 Å². The lowest BCUT2D eigenvalue weighted by Gasteiger charge is -2.26. The molecule has 0 spiro atoms. The molecule has 21 heavy (non-hydrogen) atoms. The topological polar surface area (TPSA) is 72.3 Å². The second-order valence-corrected chi connectivity index (χ2v) is 5.65. The first kappa shape index (κ1) is 15.9. The van der Waals surface area contributed by atoms with Crippen LogP contribution in [0.5, 0.6) is 0 Å². The maximum Gasteiger partial charge on any atom is 0.234 e. The molecule has 0 aliphatic carbocycles. The van der Waals surface area contributed by atoms with Crippen LogP contribution in [-0.4, -0.2) is 57.9 Å². The van der Waals surface area contributed by atoms with Gasteiger partial charge in [0.2, 0.25) is 5.91 Å². The molecule has 0 fully saturated rings. The highest BCUT2D eigenvalue weighted by Crippen LogP contribution is 2.11. The minimum atomic E-state index is 0.0595. The number of hydrogen-bond acceptors (Lipinski definition) is 5. The molecular weight excluding hydrogens is 270 g/mol. The molecule has 1 N–H and O–H groups in total. The third-order valence-corrected chi connectivity index (χ3v) is 3.48. The van der Waals surface area contributed by atoms with Crippen molar-refractivity contribution in [3.05, 3.63) is 11.6 Å². The number of nitrogens with one attached hydrogen (secondary N) is 1. The molecule has 0 unspecified atom stereocenters.